The summed E-state index contributed by atoms with van der Waals surface area (Å²) in [5, 5.41) is 17.0. The lowest BCUT2D eigenvalue weighted by molar-refractivity contribution is -0.141. The van der Waals surface area contributed by atoms with E-state index in [9.17, 15) is 41.4 Å². The first kappa shape index (κ1) is 28.9. The zero-order valence-corrected chi connectivity index (χ0v) is 19.7. The number of hydrogen-bond acceptors (Lipinski definition) is 5. The summed E-state index contributed by atoms with van der Waals surface area (Å²) in [6.07, 6.45) is -7.13. The lowest BCUT2D eigenvalue weighted by Crippen LogP contribution is -2.50. The molecule has 2 atom stereocenters. The summed E-state index contributed by atoms with van der Waals surface area (Å²) < 4.78 is 65.5. The fraction of sp³-hybridized carbons (Fsp3) is 0.364. The van der Waals surface area contributed by atoms with Crippen molar-refractivity contribution < 1.29 is 41.4 Å². The summed E-state index contributed by atoms with van der Waals surface area (Å²) in [6.45, 7) is 0.631. The first-order chi connectivity index (χ1) is 16.6. The second kappa shape index (κ2) is 11.6. The molecule has 0 unspecified atom stereocenters. The maximum absolute atomic E-state index is 13.4. The first-order valence-electron chi connectivity index (χ1n) is 10.3. The maximum Gasteiger partial charge on any atom is 0.433 e. The van der Waals surface area contributed by atoms with Gasteiger partial charge in [-0.25, -0.2) is 8.78 Å². The van der Waals surface area contributed by atoms with Crippen LogP contribution in [-0.4, -0.2) is 52.9 Å². The quantitative estimate of drug-likeness (QED) is 0.365. The summed E-state index contributed by atoms with van der Waals surface area (Å²) >= 11 is 5.94. The van der Waals surface area contributed by atoms with E-state index < -0.39 is 66.1 Å². The highest BCUT2D eigenvalue weighted by atomic mass is 35.5. The molecule has 0 bridgehead atoms. The van der Waals surface area contributed by atoms with Crippen molar-refractivity contribution in [2.24, 2.45) is 0 Å². The molecule has 0 saturated heterocycles. The Morgan fingerprint density at radius 2 is 1.75 bits per heavy atom. The molecule has 3 amide bonds. The Morgan fingerprint density at radius 3 is 2.33 bits per heavy atom. The fourth-order valence-corrected chi connectivity index (χ4v) is 3.20. The minimum Gasteiger partial charge on any atom is -0.381 e. The van der Waals surface area contributed by atoms with Crippen molar-refractivity contribution in [2.45, 2.75) is 44.0 Å². The van der Waals surface area contributed by atoms with Gasteiger partial charge in [0.1, 0.15) is 5.69 Å². The molecule has 4 N–H and O–H groups in total. The van der Waals surface area contributed by atoms with E-state index in [0.29, 0.717) is 13.0 Å². The lowest BCUT2D eigenvalue weighted by Gasteiger charge is -2.25. The average molecular weight is 537 g/mol. The van der Waals surface area contributed by atoms with Crippen molar-refractivity contribution in [3.05, 3.63) is 58.4 Å². The summed E-state index contributed by atoms with van der Waals surface area (Å²) in [5.74, 6) is -6.09. The number of aromatic nitrogens is 1. The number of anilines is 1. The smallest absolute Gasteiger partial charge is 0.381 e. The molecule has 1 heterocycles. The molecule has 0 saturated carbocycles. The normalized spacial score (nSPS) is 13.5. The Morgan fingerprint density at radius 1 is 1.08 bits per heavy atom. The molecule has 1 aromatic carbocycles. The van der Waals surface area contributed by atoms with Crippen LogP contribution in [0.25, 0.3) is 0 Å². The Balaban J connectivity index is 2.32. The van der Waals surface area contributed by atoms with Gasteiger partial charge in [-0.1, -0.05) is 11.6 Å². The van der Waals surface area contributed by atoms with Gasteiger partial charge in [0.15, 0.2) is 6.10 Å². The van der Waals surface area contributed by atoms with Crippen molar-refractivity contribution in [1.82, 2.24) is 15.6 Å². The van der Waals surface area contributed by atoms with Gasteiger partial charge in [0.05, 0.1) is 17.3 Å². The molecule has 0 spiro atoms. The van der Waals surface area contributed by atoms with E-state index in [4.69, 9.17) is 11.6 Å². The van der Waals surface area contributed by atoms with Gasteiger partial charge in [0, 0.05) is 30.3 Å². The summed E-state index contributed by atoms with van der Waals surface area (Å²) in [7, 11) is 1.20. The summed E-state index contributed by atoms with van der Waals surface area (Å²) in [6, 6.07) is 3.70. The van der Waals surface area contributed by atoms with Crippen LogP contribution in [0, 0.1) is 0 Å². The molecule has 14 heteroatoms. The number of halogens is 6. The van der Waals surface area contributed by atoms with Crippen LogP contribution in [0.2, 0.25) is 5.02 Å². The molecule has 2 rings (SSSR count). The average Bonchev–Trinajstić information content (AvgIpc) is 2.80. The van der Waals surface area contributed by atoms with Crippen LogP contribution in [-0.2, 0) is 11.0 Å². The minimum absolute atomic E-state index is 0.0323. The van der Waals surface area contributed by atoms with E-state index in [0.717, 1.165) is 18.3 Å². The number of carbonyl (C=O) groups excluding carboxylic acids is 3. The number of benzene rings is 1. The van der Waals surface area contributed by atoms with Crippen molar-refractivity contribution in [1.29, 1.82) is 0 Å². The fourth-order valence-electron chi connectivity index (χ4n) is 3.03. The molecule has 0 aliphatic rings. The van der Waals surface area contributed by atoms with E-state index >= 15 is 0 Å². The molecule has 0 aliphatic carbocycles. The standard InChI is InChI=1S/C22H22ClF5N4O4/c1-21(24,25)7-5-15(17(33)20(36)29-2)32-19(35)13-10-12(23)3-4-14(13)31-18(34)11-6-8-30-16(9-11)22(26,27)28/h3-4,6,8-10,15,17,33H,5,7H2,1-2H3,(H,29,36)(H,31,34)(H,32,35)/t15-,17-/m0/s1. The third-order valence-corrected chi connectivity index (χ3v) is 5.13. The SMILES string of the molecule is CNC(=O)[C@@H](O)[C@H](CCC(C)(F)F)NC(=O)c1cc(Cl)ccc1NC(=O)c1ccnc(C(F)(F)F)c1. The number of likely N-dealkylation sites (N-methyl/N-ethyl adjacent to an activating group) is 1. The molecule has 36 heavy (non-hydrogen) atoms. The molecule has 2 aromatic rings. The van der Waals surface area contributed by atoms with Crippen LogP contribution in [0.3, 0.4) is 0 Å². The number of aliphatic hydroxyl groups is 1. The number of hydrogen-bond donors (Lipinski definition) is 4. The number of amides is 3. The number of aliphatic hydroxyl groups excluding tert-OH is 1. The van der Waals surface area contributed by atoms with E-state index in [2.05, 4.69) is 20.9 Å². The van der Waals surface area contributed by atoms with Crippen LogP contribution in [0.5, 0.6) is 0 Å². The van der Waals surface area contributed by atoms with Crippen molar-refractivity contribution in [2.75, 3.05) is 12.4 Å². The highest BCUT2D eigenvalue weighted by molar-refractivity contribution is 6.31. The van der Waals surface area contributed by atoms with Gasteiger partial charge in [0.2, 0.25) is 5.92 Å². The minimum atomic E-state index is -4.79. The first-order valence-corrected chi connectivity index (χ1v) is 10.7. The van der Waals surface area contributed by atoms with Crippen molar-refractivity contribution >= 4 is 35.0 Å². The molecule has 0 aliphatic heterocycles. The third-order valence-electron chi connectivity index (χ3n) is 4.89. The van der Waals surface area contributed by atoms with E-state index in [1.165, 1.54) is 19.2 Å². The van der Waals surface area contributed by atoms with Gasteiger partial charge in [-0.2, -0.15) is 13.2 Å². The van der Waals surface area contributed by atoms with E-state index in [-0.39, 0.29) is 16.3 Å². The largest absolute Gasteiger partial charge is 0.433 e. The lowest BCUT2D eigenvalue weighted by atomic mass is 10.0. The predicted octanol–water partition coefficient (Wildman–Crippen LogP) is 3.65. The van der Waals surface area contributed by atoms with Crippen molar-refractivity contribution in [3.63, 3.8) is 0 Å². The summed E-state index contributed by atoms with van der Waals surface area (Å²) in [5.41, 5.74) is -2.18. The molecule has 0 fully saturated rings. The van der Waals surface area contributed by atoms with Crippen LogP contribution in [0.4, 0.5) is 27.6 Å². The number of carbonyl (C=O) groups is 3. The Hall–Kier alpha value is -3.32. The Kier molecular flexibility index (Phi) is 9.32. The third kappa shape index (κ3) is 8.12. The number of pyridine rings is 1. The molecule has 8 nitrogen and oxygen atoms in total. The van der Waals surface area contributed by atoms with E-state index in [1.54, 1.807) is 0 Å². The second-order valence-electron chi connectivity index (χ2n) is 7.82. The number of nitrogens with one attached hydrogen (secondary N) is 3. The number of rotatable bonds is 9. The molecule has 0 radical (unpaired) electrons. The second-order valence-corrected chi connectivity index (χ2v) is 8.26. The molecule has 1 aromatic heterocycles. The highest BCUT2D eigenvalue weighted by Gasteiger charge is 2.34. The maximum atomic E-state index is 13.4. The topological polar surface area (TPSA) is 120 Å². The van der Waals surface area contributed by atoms with Crippen LogP contribution >= 0.6 is 11.6 Å². The predicted molar refractivity (Wildman–Crippen MR) is 120 cm³/mol. The molecular weight excluding hydrogens is 515 g/mol. The summed E-state index contributed by atoms with van der Waals surface area (Å²) in [4.78, 5) is 40.6. The number of nitrogens with zero attached hydrogens (tertiary/aromatic N) is 1. The highest BCUT2D eigenvalue weighted by Crippen LogP contribution is 2.28. The Bertz CT molecular complexity index is 1120. The van der Waals surface area contributed by atoms with Gasteiger partial charge in [0.25, 0.3) is 17.7 Å². The zero-order valence-electron chi connectivity index (χ0n) is 18.9. The number of alkyl halides is 5. The van der Waals surface area contributed by atoms with Crippen LogP contribution in [0.1, 0.15) is 46.2 Å². The Labute approximate surface area is 207 Å². The monoisotopic (exact) mass is 536 g/mol. The van der Waals surface area contributed by atoms with Crippen LogP contribution < -0.4 is 16.0 Å². The van der Waals surface area contributed by atoms with Crippen molar-refractivity contribution in [3.8, 4) is 0 Å². The van der Waals surface area contributed by atoms with Gasteiger partial charge < -0.3 is 21.1 Å². The van der Waals surface area contributed by atoms with Crippen LogP contribution in [0.15, 0.2) is 36.5 Å². The van der Waals surface area contributed by atoms with Gasteiger partial charge in [-0.05, 0) is 43.7 Å². The van der Waals surface area contributed by atoms with E-state index in [1.807, 2.05) is 0 Å². The molecular formula is C22H22ClF5N4O4. The van der Waals surface area contributed by atoms with Gasteiger partial charge in [-0.3, -0.25) is 19.4 Å². The molecule has 196 valence electrons. The zero-order chi connectivity index (χ0) is 27.3. The van der Waals surface area contributed by atoms with Gasteiger partial charge in [-0.15, -0.1) is 0 Å². The van der Waals surface area contributed by atoms with Gasteiger partial charge >= 0.3 is 6.18 Å².